The lowest BCUT2D eigenvalue weighted by atomic mass is 9.95. The minimum atomic E-state index is -0.273. The summed E-state index contributed by atoms with van der Waals surface area (Å²) in [6.07, 6.45) is 0. The number of carbonyl (C=O) groups is 1. The number of halogens is 1. The van der Waals surface area contributed by atoms with E-state index in [0.717, 1.165) is 12.1 Å². The Labute approximate surface area is 160 Å². The molecular formula is C22H28FN3O. The molecule has 144 valence electrons. The van der Waals surface area contributed by atoms with E-state index in [1.54, 1.807) is 12.1 Å². The van der Waals surface area contributed by atoms with Crippen molar-refractivity contribution in [1.82, 2.24) is 10.2 Å². The second-order valence-corrected chi connectivity index (χ2v) is 7.72. The average molecular weight is 369 g/mol. The molecule has 4 nitrogen and oxygen atoms in total. The lowest BCUT2D eigenvalue weighted by Gasteiger charge is -2.24. The number of nitrogens with one attached hydrogen (secondary N) is 1. The third kappa shape index (κ3) is 4.93. The van der Waals surface area contributed by atoms with Crippen LogP contribution in [0.2, 0.25) is 0 Å². The molecule has 1 heterocycles. The summed E-state index contributed by atoms with van der Waals surface area (Å²) in [5, 5.41) is 3.10. The molecule has 0 aromatic heterocycles. The van der Waals surface area contributed by atoms with Crippen molar-refractivity contribution in [2.75, 3.05) is 19.6 Å². The molecule has 2 aromatic carbocycles. The Morgan fingerprint density at radius 1 is 1.15 bits per heavy atom. The van der Waals surface area contributed by atoms with Crippen LogP contribution in [0.25, 0.3) is 0 Å². The zero-order valence-electron chi connectivity index (χ0n) is 15.9. The van der Waals surface area contributed by atoms with Gasteiger partial charge in [-0.15, -0.1) is 0 Å². The van der Waals surface area contributed by atoms with Crippen LogP contribution < -0.4 is 11.1 Å². The van der Waals surface area contributed by atoms with E-state index in [0.29, 0.717) is 13.1 Å². The lowest BCUT2D eigenvalue weighted by molar-refractivity contribution is -0.123. The molecule has 27 heavy (non-hydrogen) atoms. The van der Waals surface area contributed by atoms with Gasteiger partial charge in [0, 0.05) is 25.0 Å². The first kappa shape index (κ1) is 19.5. The summed E-state index contributed by atoms with van der Waals surface area (Å²) in [5.41, 5.74) is 8.46. The van der Waals surface area contributed by atoms with E-state index < -0.39 is 0 Å². The van der Waals surface area contributed by atoms with Crippen molar-refractivity contribution < 1.29 is 9.18 Å². The van der Waals surface area contributed by atoms with E-state index in [1.807, 2.05) is 32.0 Å². The normalized spacial score (nSPS) is 21.4. The summed E-state index contributed by atoms with van der Waals surface area (Å²) in [4.78, 5) is 14.7. The number of likely N-dealkylation sites (tertiary alicyclic amines) is 1. The van der Waals surface area contributed by atoms with Crippen molar-refractivity contribution >= 4 is 5.91 Å². The summed E-state index contributed by atoms with van der Waals surface area (Å²) < 4.78 is 13.2. The number of carbonyl (C=O) groups excluding carboxylic acids is 1. The molecule has 3 N–H and O–H groups in total. The summed E-state index contributed by atoms with van der Waals surface area (Å²) >= 11 is 0. The van der Waals surface area contributed by atoms with Crippen molar-refractivity contribution in [1.29, 1.82) is 0 Å². The van der Waals surface area contributed by atoms with Gasteiger partial charge in [0.1, 0.15) is 5.82 Å². The summed E-state index contributed by atoms with van der Waals surface area (Å²) in [5.74, 6) is 0.152. The Kier molecular flexibility index (Phi) is 6.24. The Balaban J connectivity index is 1.60. The van der Waals surface area contributed by atoms with Crippen LogP contribution in [0.4, 0.5) is 4.39 Å². The molecule has 0 spiro atoms. The molecule has 0 aliphatic carbocycles. The van der Waals surface area contributed by atoms with Crippen LogP contribution in [0.1, 0.15) is 36.9 Å². The maximum Gasteiger partial charge on any atom is 0.234 e. The van der Waals surface area contributed by atoms with Crippen LogP contribution in [0.5, 0.6) is 0 Å². The van der Waals surface area contributed by atoms with Gasteiger partial charge in [-0.2, -0.15) is 0 Å². The predicted molar refractivity (Wildman–Crippen MR) is 106 cm³/mol. The largest absolute Gasteiger partial charge is 0.348 e. The zero-order chi connectivity index (χ0) is 19.4. The molecule has 1 amide bonds. The molecule has 5 heteroatoms. The molecule has 1 saturated heterocycles. The number of nitrogens with zero attached hydrogens (tertiary/aromatic N) is 1. The van der Waals surface area contributed by atoms with Crippen LogP contribution in [0.3, 0.4) is 0 Å². The Morgan fingerprint density at radius 3 is 2.44 bits per heavy atom. The van der Waals surface area contributed by atoms with Gasteiger partial charge in [0.15, 0.2) is 0 Å². The van der Waals surface area contributed by atoms with E-state index in [4.69, 9.17) is 5.73 Å². The third-order valence-corrected chi connectivity index (χ3v) is 5.25. The second-order valence-electron chi connectivity index (χ2n) is 7.72. The van der Waals surface area contributed by atoms with Gasteiger partial charge in [0.05, 0.1) is 12.6 Å². The van der Waals surface area contributed by atoms with E-state index in [2.05, 4.69) is 22.3 Å². The van der Waals surface area contributed by atoms with E-state index >= 15 is 0 Å². The molecular weight excluding hydrogens is 341 g/mol. The molecule has 0 saturated carbocycles. The van der Waals surface area contributed by atoms with E-state index in [1.165, 1.54) is 17.7 Å². The monoisotopic (exact) mass is 369 g/mol. The van der Waals surface area contributed by atoms with Crippen molar-refractivity contribution in [2.24, 2.45) is 11.7 Å². The number of nitrogens with two attached hydrogens (primary N) is 1. The average Bonchev–Trinajstić information content (AvgIpc) is 3.01. The van der Waals surface area contributed by atoms with Gasteiger partial charge in [-0.25, -0.2) is 4.39 Å². The van der Waals surface area contributed by atoms with Gasteiger partial charge >= 0.3 is 0 Å². The number of amides is 1. The first-order valence-electron chi connectivity index (χ1n) is 9.51. The van der Waals surface area contributed by atoms with Gasteiger partial charge in [-0.3, -0.25) is 9.69 Å². The molecule has 3 rings (SSSR count). The fourth-order valence-corrected chi connectivity index (χ4v) is 3.82. The lowest BCUT2D eigenvalue weighted by Crippen LogP contribution is -2.40. The van der Waals surface area contributed by atoms with Crippen LogP contribution in [0.15, 0.2) is 54.6 Å². The fourth-order valence-electron chi connectivity index (χ4n) is 3.82. The second kappa shape index (κ2) is 8.63. The van der Waals surface area contributed by atoms with Crippen LogP contribution in [0, 0.1) is 11.7 Å². The van der Waals surface area contributed by atoms with Gasteiger partial charge in [0.25, 0.3) is 0 Å². The Hall–Kier alpha value is -2.24. The smallest absolute Gasteiger partial charge is 0.234 e. The maximum absolute atomic E-state index is 13.2. The summed E-state index contributed by atoms with van der Waals surface area (Å²) in [6, 6.07) is 16.4. The SMILES string of the molecule is CC(C)C(NC(=O)CN1C[C@@H](N)[C@H](c2ccccc2)C1)c1ccc(F)cc1. The highest BCUT2D eigenvalue weighted by Gasteiger charge is 2.32. The van der Waals surface area contributed by atoms with Crippen molar-refractivity contribution in [3.8, 4) is 0 Å². The molecule has 3 atom stereocenters. The van der Waals surface area contributed by atoms with Gasteiger partial charge < -0.3 is 11.1 Å². The highest BCUT2D eigenvalue weighted by molar-refractivity contribution is 5.78. The number of benzene rings is 2. The molecule has 1 fully saturated rings. The first-order valence-corrected chi connectivity index (χ1v) is 9.51. The molecule has 1 aliphatic heterocycles. The third-order valence-electron chi connectivity index (χ3n) is 5.25. The summed E-state index contributed by atoms with van der Waals surface area (Å²) in [6.45, 7) is 5.90. The highest BCUT2D eigenvalue weighted by Crippen LogP contribution is 2.26. The molecule has 1 unspecified atom stereocenters. The van der Waals surface area contributed by atoms with Crippen LogP contribution in [-0.4, -0.2) is 36.5 Å². The van der Waals surface area contributed by atoms with Crippen LogP contribution >= 0.6 is 0 Å². The number of rotatable bonds is 6. The highest BCUT2D eigenvalue weighted by atomic mass is 19.1. The standard InChI is InChI=1S/C22H28FN3O/c1-15(2)22(17-8-10-18(23)11-9-17)25-21(27)14-26-12-19(20(24)13-26)16-6-4-3-5-7-16/h3-11,15,19-20,22H,12-14,24H2,1-2H3,(H,25,27)/t19-,20+,22?/m0/s1. The van der Waals surface area contributed by atoms with Gasteiger partial charge in [-0.05, 0) is 29.2 Å². The topological polar surface area (TPSA) is 58.4 Å². The van der Waals surface area contributed by atoms with E-state index in [9.17, 15) is 9.18 Å². The number of hydrogen-bond donors (Lipinski definition) is 2. The van der Waals surface area contributed by atoms with Crippen molar-refractivity contribution in [3.05, 3.63) is 71.5 Å². The van der Waals surface area contributed by atoms with Crippen molar-refractivity contribution in [3.63, 3.8) is 0 Å². The quantitative estimate of drug-likeness (QED) is 0.823. The molecule has 2 aromatic rings. The minimum Gasteiger partial charge on any atom is -0.348 e. The molecule has 0 bridgehead atoms. The minimum absolute atomic E-state index is 0.0261. The summed E-state index contributed by atoms with van der Waals surface area (Å²) in [7, 11) is 0. The Morgan fingerprint density at radius 2 is 1.81 bits per heavy atom. The Bertz CT molecular complexity index is 748. The predicted octanol–water partition coefficient (Wildman–Crippen LogP) is 3.07. The molecule has 0 radical (unpaired) electrons. The fraction of sp³-hybridized carbons (Fsp3) is 0.409. The van der Waals surface area contributed by atoms with Crippen LogP contribution in [-0.2, 0) is 4.79 Å². The van der Waals surface area contributed by atoms with Gasteiger partial charge in [0.2, 0.25) is 5.91 Å². The molecule has 1 aliphatic rings. The number of hydrogen-bond acceptors (Lipinski definition) is 3. The maximum atomic E-state index is 13.2. The van der Waals surface area contributed by atoms with Crippen molar-refractivity contribution in [2.45, 2.75) is 31.8 Å². The zero-order valence-corrected chi connectivity index (χ0v) is 15.9. The van der Waals surface area contributed by atoms with E-state index in [-0.39, 0.29) is 35.6 Å². The van der Waals surface area contributed by atoms with Gasteiger partial charge in [-0.1, -0.05) is 56.3 Å². The first-order chi connectivity index (χ1) is 12.9.